The van der Waals surface area contributed by atoms with Crippen LogP contribution in [0.3, 0.4) is 0 Å². The van der Waals surface area contributed by atoms with E-state index in [1.807, 2.05) is 18.2 Å². The Morgan fingerprint density at radius 1 is 1.25 bits per heavy atom. The summed E-state index contributed by atoms with van der Waals surface area (Å²) in [5.74, 6) is -0.390. The summed E-state index contributed by atoms with van der Waals surface area (Å²) in [6.45, 7) is 1.17. The van der Waals surface area contributed by atoms with Crippen molar-refractivity contribution >= 4 is 17.5 Å². The third-order valence-corrected chi connectivity index (χ3v) is 4.47. The molecular weight excluding hydrogens is 331 g/mol. The second-order valence-corrected chi connectivity index (χ2v) is 6.16. The van der Waals surface area contributed by atoms with Crippen LogP contribution in [0.5, 0.6) is 5.88 Å². The smallest absolute Gasteiger partial charge is 0.250 e. The summed E-state index contributed by atoms with van der Waals surface area (Å²) in [6, 6.07) is 10.2. The number of pyridine rings is 1. The van der Waals surface area contributed by atoms with Gasteiger partial charge in [0.25, 0.3) is 5.88 Å². The lowest BCUT2D eigenvalue weighted by Gasteiger charge is -2.32. The summed E-state index contributed by atoms with van der Waals surface area (Å²) in [5, 5.41) is 0.606. The third-order valence-electron chi connectivity index (χ3n) is 4.10. The molecule has 3 rings (SSSR count). The topological polar surface area (TPSA) is 42.4 Å². The van der Waals surface area contributed by atoms with E-state index in [4.69, 9.17) is 16.3 Å². The van der Waals surface area contributed by atoms with Crippen LogP contribution in [0.2, 0.25) is 5.02 Å². The Morgan fingerprint density at radius 2 is 2.00 bits per heavy atom. The molecule has 1 fully saturated rings. The van der Waals surface area contributed by atoms with Crippen molar-refractivity contribution in [1.29, 1.82) is 0 Å². The Kier molecular flexibility index (Phi) is 5.30. The number of piperidine rings is 1. The minimum atomic E-state index is -0.463. The van der Waals surface area contributed by atoms with E-state index in [0.717, 1.165) is 5.56 Å². The first kappa shape index (κ1) is 16.7. The zero-order valence-corrected chi connectivity index (χ0v) is 13.9. The van der Waals surface area contributed by atoms with Crippen molar-refractivity contribution in [3.05, 3.63) is 59.0 Å². The van der Waals surface area contributed by atoms with Gasteiger partial charge in [0, 0.05) is 37.2 Å². The van der Waals surface area contributed by atoms with Crippen molar-refractivity contribution in [2.75, 3.05) is 13.1 Å². The minimum Gasteiger partial charge on any atom is -0.472 e. The van der Waals surface area contributed by atoms with E-state index in [-0.39, 0.29) is 17.9 Å². The maximum Gasteiger partial charge on any atom is 0.250 e. The van der Waals surface area contributed by atoms with Crippen LogP contribution >= 0.6 is 11.6 Å². The third kappa shape index (κ3) is 4.03. The standard InChI is InChI=1S/C18H18ClFN2O2/c19-15-5-2-1-4-13(15)12-17(23)22-10-7-14(8-11-22)24-18-16(20)6-3-9-21-18/h1-6,9,14H,7-8,10-12H2. The van der Waals surface area contributed by atoms with Crippen molar-refractivity contribution in [3.63, 3.8) is 0 Å². The number of aromatic nitrogens is 1. The van der Waals surface area contributed by atoms with Gasteiger partial charge in [-0.15, -0.1) is 0 Å². The number of likely N-dealkylation sites (tertiary alicyclic amines) is 1. The van der Waals surface area contributed by atoms with Crippen LogP contribution in [0.25, 0.3) is 0 Å². The van der Waals surface area contributed by atoms with Crippen molar-refractivity contribution in [2.45, 2.75) is 25.4 Å². The van der Waals surface area contributed by atoms with Gasteiger partial charge in [0.05, 0.1) is 6.42 Å². The van der Waals surface area contributed by atoms with Crippen molar-refractivity contribution < 1.29 is 13.9 Å². The summed E-state index contributed by atoms with van der Waals surface area (Å²) < 4.78 is 19.2. The molecule has 0 unspecified atom stereocenters. The van der Waals surface area contributed by atoms with Gasteiger partial charge in [-0.3, -0.25) is 4.79 Å². The van der Waals surface area contributed by atoms with Gasteiger partial charge in [-0.1, -0.05) is 29.8 Å². The molecular formula is C18H18ClFN2O2. The maximum absolute atomic E-state index is 13.6. The zero-order chi connectivity index (χ0) is 16.9. The Labute approximate surface area is 145 Å². The number of benzene rings is 1. The van der Waals surface area contributed by atoms with Crippen LogP contribution < -0.4 is 4.74 Å². The van der Waals surface area contributed by atoms with Gasteiger partial charge in [-0.25, -0.2) is 9.37 Å². The number of nitrogens with zero attached hydrogens (tertiary/aromatic N) is 2. The molecule has 1 saturated heterocycles. The summed E-state index contributed by atoms with van der Waals surface area (Å²) in [6.07, 6.45) is 2.98. The molecule has 4 nitrogen and oxygen atoms in total. The number of carbonyl (C=O) groups is 1. The fraction of sp³-hybridized carbons (Fsp3) is 0.333. The average molecular weight is 349 g/mol. The number of halogens is 2. The molecule has 0 aliphatic carbocycles. The minimum absolute atomic E-state index is 0.0262. The first-order chi connectivity index (χ1) is 11.6. The molecule has 6 heteroatoms. The fourth-order valence-corrected chi connectivity index (χ4v) is 2.96. The highest BCUT2D eigenvalue weighted by Crippen LogP contribution is 2.21. The molecule has 24 heavy (non-hydrogen) atoms. The first-order valence-electron chi connectivity index (χ1n) is 7.92. The average Bonchev–Trinajstić information content (AvgIpc) is 2.59. The quantitative estimate of drug-likeness (QED) is 0.849. The predicted octanol–water partition coefficient (Wildman–Crippen LogP) is 3.49. The van der Waals surface area contributed by atoms with E-state index >= 15 is 0 Å². The molecule has 126 valence electrons. The lowest BCUT2D eigenvalue weighted by Crippen LogP contribution is -2.42. The monoisotopic (exact) mass is 348 g/mol. The summed E-state index contributed by atoms with van der Waals surface area (Å²) in [4.78, 5) is 18.1. The van der Waals surface area contributed by atoms with E-state index in [9.17, 15) is 9.18 Å². The normalized spacial score (nSPS) is 15.3. The molecule has 0 N–H and O–H groups in total. The second-order valence-electron chi connectivity index (χ2n) is 5.76. The van der Waals surface area contributed by atoms with Gasteiger partial charge in [-0.05, 0) is 23.8 Å². The van der Waals surface area contributed by atoms with E-state index in [0.29, 0.717) is 37.4 Å². The number of carbonyl (C=O) groups excluding carboxylic acids is 1. The van der Waals surface area contributed by atoms with Crippen molar-refractivity contribution in [3.8, 4) is 5.88 Å². The van der Waals surface area contributed by atoms with Crippen molar-refractivity contribution in [2.24, 2.45) is 0 Å². The highest BCUT2D eigenvalue weighted by molar-refractivity contribution is 6.31. The Morgan fingerprint density at radius 3 is 2.71 bits per heavy atom. The predicted molar refractivity (Wildman–Crippen MR) is 89.6 cm³/mol. The van der Waals surface area contributed by atoms with Crippen LogP contribution in [0, 0.1) is 5.82 Å². The SMILES string of the molecule is O=C(Cc1ccccc1Cl)N1CCC(Oc2ncccc2F)CC1. The van der Waals surface area contributed by atoms with Gasteiger partial charge in [0.1, 0.15) is 6.10 Å². The molecule has 0 bridgehead atoms. The molecule has 0 atom stereocenters. The molecule has 2 heterocycles. The molecule has 1 aliphatic heterocycles. The van der Waals surface area contributed by atoms with Gasteiger partial charge in [-0.2, -0.15) is 0 Å². The lowest BCUT2D eigenvalue weighted by atomic mass is 10.1. The number of hydrogen-bond donors (Lipinski definition) is 0. The van der Waals surface area contributed by atoms with Crippen LogP contribution in [0.4, 0.5) is 4.39 Å². The summed E-state index contributed by atoms with van der Waals surface area (Å²) in [7, 11) is 0. The molecule has 1 amide bonds. The van der Waals surface area contributed by atoms with Crippen LogP contribution in [0.15, 0.2) is 42.6 Å². The molecule has 1 aliphatic rings. The molecule has 0 radical (unpaired) electrons. The highest BCUT2D eigenvalue weighted by atomic mass is 35.5. The molecule has 0 saturated carbocycles. The molecule has 1 aromatic carbocycles. The summed E-state index contributed by atoms with van der Waals surface area (Å²) in [5.41, 5.74) is 0.832. The van der Waals surface area contributed by atoms with Gasteiger partial charge in [0.2, 0.25) is 5.91 Å². The van der Waals surface area contributed by atoms with Crippen LogP contribution in [-0.2, 0) is 11.2 Å². The van der Waals surface area contributed by atoms with Crippen LogP contribution in [0.1, 0.15) is 18.4 Å². The molecule has 2 aromatic rings. The van der Waals surface area contributed by atoms with Gasteiger partial charge < -0.3 is 9.64 Å². The van der Waals surface area contributed by atoms with E-state index in [2.05, 4.69) is 4.98 Å². The fourth-order valence-electron chi connectivity index (χ4n) is 2.76. The first-order valence-corrected chi connectivity index (χ1v) is 8.29. The maximum atomic E-state index is 13.6. The lowest BCUT2D eigenvalue weighted by molar-refractivity contribution is -0.132. The molecule has 1 aromatic heterocycles. The summed E-state index contributed by atoms with van der Waals surface area (Å²) >= 11 is 6.10. The number of ether oxygens (including phenoxy) is 1. The van der Waals surface area contributed by atoms with E-state index in [1.165, 1.54) is 18.3 Å². The Hall–Kier alpha value is -2.14. The van der Waals surface area contributed by atoms with Crippen LogP contribution in [-0.4, -0.2) is 35.0 Å². The van der Waals surface area contributed by atoms with Gasteiger partial charge >= 0.3 is 0 Å². The highest BCUT2D eigenvalue weighted by Gasteiger charge is 2.25. The second kappa shape index (κ2) is 7.62. The Balaban J connectivity index is 1.52. The van der Waals surface area contributed by atoms with Crippen molar-refractivity contribution in [1.82, 2.24) is 9.88 Å². The van der Waals surface area contributed by atoms with E-state index < -0.39 is 5.82 Å². The number of rotatable bonds is 4. The molecule has 0 spiro atoms. The zero-order valence-electron chi connectivity index (χ0n) is 13.1. The Bertz CT molecular complexity index is 718. The van der Waals surface area contributed by atoms with Gasteiger partial charge in [0.15, 0.2) is 5.82 Å². The largest absolute Gasteiger partial charge is 0.472 e. The number of hydrogen-bond acceptors (Lipinski definition) is 3. The number of amides is 1. The van der Waals surface area contributed by atoms with E-state index in [1.54, 1.807) is 11.0 Å².